The van der Waals surface area contributed by atoms with Crippen LogP contribution in [-0.2, 0) is 9.53 Å². The zero-order chi connectivity index (χ0) is 13.9. The van der Waals surface area contributed by atoms with Crippen LogP contribution < -0.4 is 10.5 Å². The third-order valence-electron chi connectivity index (χ3n) is 2.60. The van der Waals surface area contributed by atoms with E-state index in [9.17, 15) is 9.59 Å². The maximum Gasteiger partial charge on any atom is 0.343 e. The van der Waals surface area contributed by atoms with Crippen molar-refractivity contribution in [1.82, 2.24) is 0 Å². The molecule has 0 bridgehead atoms. The highest BCUT2D eigenvalue weighted by molar-refractivity contribution is 9.10. The number of primary amides is 1. The van der Waals surface area contributed by atoms with Gasteiger partial charge >= 0.3 is 5.97 Å². The molecule has 5 nitrogen and oxygen atoms in total. The Balaban J connectivity index is 3.19. The van der Waals surface area contributed by atoms with Crippen LogP contribution in [0.2, 0.25) is 0 Å². The molecule has 1 rings (SSSR count). The third-order valence-corrected chi connectivity index (χ3v) is 3.43. The normalized spacial score (nSPS) is 10.0. The van der Waals surface area contributed by atoms with Crippen LogP contribution in [0.4, 0.5) is 0 Å². The van der Waals surface area contributed by atoms with Crippen molar-refractivity contribution in [2.75, 3.05) is 13.7 Å². The number of hydrogen-bond acceptors (Lipinski definition) is 4. The van der Waals surface area contributed by atoms with Crippen molar-refractivity contribution in [3.05, 3.63) is 27.2 Å². The quantitative estimate of drug-likeness (QED) is 0.858. The summed E-state index contributed by atoms with van der Waals surface area (Å²) in [6.07, 6.45) is 0. The molecule has 2 N–H and O–H groups in total. The molecule has 0 atom stereocenters. The summed E-state index contributed by atoms with van der Waals surface area (Å²) < 4.78 is 10.6. The maximum absolute atomic E-state index is 11.4. The molecule has 6 heteroatoms. The summed E-state index contributed by atoms with van der Waals surface area (Å²) in [7, 11) is 1.26. The van der Waals surface area contributed by atoms with Crippen molar-refractivity contribution in [2.24, 2.45) is 5.73 Å². The van der Waals surface area contributed by atoms with Gasteiger partial charge in [-0.1, -0.05) is 15.9 Å². The first-order valence-electron chi connectivity index (χ1n) is 5.17. The molecule has 0 fully saturated rings. The maximum atomic E-state index is 11.4. The molecular formula is C12H14BrNO4. The van der Waals surface area contributed by atoms with E-state index < -0.39 is 11.9 Å². The molecular weight excluding hydrogens is 302 g/mol. The third kappa shape index (κ3) is 3.01. The molecule has 0 saturated heterocycles. The number of carbonyl (C=O) groups is 2. The van der Waals surface area contributed by atoms with Gasteiger partial charge in [0, 0.05) is 4.47 Å². The fourth-order valence-corrected chi connectivity index (χ4v) is 1.94. The summed E-state index contributed by atoms with van der Waals surface area (Å²) in [6, 6.07) is 1.58. The summed E-state index contributed by atoms with van der Waals surface area (Å²) >= 11 is 3.34. The van der Waals surface area contributed by atoms with E-state index in [1.807, 2.05) is 6.92 Å². The number of halogens is 1. The molecule has 1 aromatic carbocycles. The Morgan fingerprint density at radius 2 is 1.94 bits per heavy atom. The van der Waals surface area contributed by atoms with E-state index in [1.54, 1.807) is 13.0 Å². The molecule has 1 aromatic rings. The minimum atomic E-state index is -0.612. The minimum Gasteiger partial charge on any atom is -0.481 e. The van der Waals surface area contributed by atoms with Gasteiger partial charge in [0.1, 0.15) is 5.75 Å². The highest BCUT2D eigenvalue weighted by Gasteiger charge is 2.17. The molecule has 0 spiro atoms. The van der Waals surface area contributed by atoms with Crippen molar-refractivity contribution in [1.29, 1.82) is 0 Å². The fourth-order valence-electron chi connectivity index (χ4n) is 1.41. The molecule has 0 aliphatic carbocycles. The number of rotatable bonds is 4. The molecule has 1 amide bonds. The van der Waals surface area contributed by atoms with Crippen LogP contribution in [0.25, 0.3) is 0 Å². The highest BCUT2D eigenvalue weighted by Crippen LogP contribution is 2.32. The predicted molar refractivity (Wildman–Crippen MR) is 69.6 cm³/mol. The van der Waals surface area contributed by atoms with Crippen LogP contribution in [-0.4, -0.2) is 25.6 Å². The lowest BCUT2D eigenvalue weighted by molar-refractivity contribution is -0.142. The van der Waals surface area contributed by atoms with E-state index in [0.29, 0.717) is 5.75 Å². The molecule has 18 heavy (non-hydrogen) atoms. The lowest BCUT2D eigenvalue weighted by Crippen LogP contribution is -2.18. The van der Waals surface area contributed by atoms with Crippen LogP contribution in [0.15, 0.2) is 10.5 Å². The Hall–Kier alpha value is -1.56. The van der Waals surface area contributed by atoms with Gasteiger partial charge < -0.3 is 15.2 Å². The Morgan fingerprint density at radius 1 is 1.33 bits per heavy atom. The van der Waals surface area contributed by atoms with E-state index in [0.717, 1.165) is 15.6 Å². The van der Waals surface area contributed by atoms with Gasteiger partial charge in [0.25, 0.3) is 5.91 Å². The average Bonchev–Trinajstić information content (AvgIpc) is 2.33. The standard InChI is InChI=1S/C12H14BrNO4/c1-6-7(2)11(18-5-10(15)17-3)8(12(14)16)4-9(6)13/h4H,5H2,1-3H3,(H2,14,16). The van der Waals surface area contributed by atoms with E-state index in [-0.39, 0.29) is 12.2 Å². The predicted octanol–water partition coefficient (Wildman–Crippen LogP) is 1.72. The van der Waals surface area contributed by atoms with Gasteiger partial charge in [-0.3, -0.25) is 4.79 Å². The van der Waals surface area contributed by atoms with Crippen LogP contribution in [0, 0.1) is 13.8 Å². The smallest absolute Gasteiger partial charge is 0.343 e. The van der Waals surface area contributed by atoms with Gasteiger partial charge in [0.05, 0.1) is 12.7 Å². The number of ether oxygens (including phenoxy) is 2. The number of amides is 1. The first kappa shape index (κ1) is 14.5. The van der Waals surface area contributed by atoms with Gasteiger partial charge in [0.2, 0.25) is 0 Å². The SMILES string of the molecule is COC(=O)COc1c(C(N)=O)cc(Br)c(C)c1C. The number of hydrogen-bond donors (Lipinski definition) is 1. The second-order valence-corrected chi connectivity index (χ2v) is 4.57. The summed E-state index contributed by atoms with van der Waals surface area (Å²) in [5, 5.41) is 0. The van der Waals surface area contributed by atoms with Crippen LogP contribution in [0.1, 0.15) is 21.5 Å². The van der Waals surface area contributed by atoms with Crippen LogP contribution >= 0.6 is 15.9 Å². The number of benzene rings is 1. The number of esters is 1. The number of carbonyl (C=O) groups excluding carboxylic acids is 2. The summed E-state index contributed by atoms with van der Waals surface area (Å²) in [4.78, 5) is 22.4. The van der Waals surface area contributed by atoms with Crippen molar-refractivity contribution in [3.8, 4) is 5.75 Å². The highest BCUT2D eigenvalue weighted by atomic mass is 79.9. The van der Waals surface area contributed by atoms with Crippen molar-refractivity contribution < 1.29 is 19.1 Å². The van der Waals surface area contributed by atoms with Gasteiger partial charge in [-0.2, -0.15) is 0 Å². The van der Waals surface area contributed by atoms with Gasteiger partial charge in [-0.05, 0) is 31.0 Å². The van der Waals surface area contributed by atoms with E-state index in [2.05, 4.69) is 20.7 Å². The Kier molecular flexibility index (Phi) is 4.72. The first-order valence-corrected chi connectivity index (χ1v) is 5.96. The molecule has 0 unspecified atom stereocenters. The molecule has 0 radical (unpaired) electrons. The first-order chi connectivity index (χ1) is 8.38. The van der Waals surface area contributed by atoms with Crippen molar-refractivity contribution in [3.63, 3.8) is 0 Å². The second kappa shape index (κ2) is 5.86. The lowest BCUT2D eigenvalue weighted by atomic mass is 10.0. The monoisotopic (exact) mass is 315 g/mol. The Bertz CT molecular complexity index is 499. The lowest BCUT2D eigenvalue weighted by Gasteiger charge is -2.15. The fraction of sp³-hybridized carbons (Fsp3) is 0.333. The Labute approximate surface area is 113 Å². The van der Waals surface area contributed by atoms with Crippen LogP contribution in [0.5, 0.6) is 5.75 Å². The molecule has 98 valence electrons. The largest absolute Gasteiger partial charge is 0.481 e. The van der Waals surface area contributed by atoms with Crippen LogP contribution in [0.3, 0.4) is 0 Å². The number of methoxy groups -OCH3 is 1. The summed E-state index contributed by atoms with van der Waals surface area (Å²) in [5.41, 5.74) is 7.18. The zero-order valence-corrected chi connectivity index (χ0v) is 12.0. The van der Waals surface area contributed by atoms with E-state index in [1.165, 1.54) is 7.11 Å². The Morgan fingerprint density at radius 3 is 2.44 bits per heavy atom. The second-order valence-electron chi connectivity index (χ2n) is 3.71. The van der Waals surface area contributed by atoms with Crippen molar-refractivity contribution in [2.45, 2.75) is 13.8 Å². The van der Waals surface area contributed by atoms with Gasteiger partial charge in [0.15, 0.2) is 6.61 Å². The molecule has 0 saturated carbocycles. The summed E-state index contributed by atoms with van der Waals surface area (Å²) in [5.74, 6) is -0.822. The van der Waals surface area contributed by atoms with Crippen molar-refractivity contribution >= 4 is 27.8 Å². The molecule has 0 aromatic heterocycles. The van der Waals surface area contributed by atoms with E-state index >= 15 is 0 Å². The molecule has 0 aliphatic rings. The zero-order valence-electron chi connectivity index (χ0n) is 10.4. The molecule has 0 heterocycles. The van der Waals surface area contributed by atoms with Gasteiger partial charge in [-0.25, -0.2) is 4.79 Å². The molecule has 0 aliphatic heterocycles. The average molecular weight is 316 g/mol. The number of nitrogens with two attached hydrogens (primary N) is 1. The van der Waals surface area contributed by atoms with Gasteiger partial charge in [-0.15, -0.1) is 0 Å². The topological polar surface area (TPSA) is 78.6 Å². The van der Waals surface area contributed by atoms with E-state index in [4.69, 9.17) is 10.5 Å². The minimum absolute atomic E-state index is 0.230. The summed E-state index contributed by atoms with van der Waals surface area (Å²) in [6.45, 7) is 3.40.